The monoisotopic (exact) mass is 294 g/mol. The molecule has 0 heterocycles. The smallest absolute Gasteiger partial charge is 0.258 e. The van der Waals surface area contributed by atoms with E-state index in [-0.39, 0.29) is 5.69 Å². The Labute approximate surface area is 119 Å². The van der Waals surface area contributed by atoms with Gasteiger partial charge in [0.05, 0.1) is 10.6 Å². The number of nitro groups is 1. The van der Waals surface area contributed by atoms with Gasteiger partial charge in [0.15, 0.2) is 0 Å². The van der Waals surface area contributed by atoms with E-state index in [9.17, 15) is 10.1 Å². The molecule has 4 nitrogen and oxygen atoms in total. The normalized spacial score (nSPS) is 10.8. The second-order valence-corrected chi connectivity index (χ2v) is 4.61. The molecule has 0 unspecified atom stereocenters. The molecule has 0 saturated carbocycles. The molecule has 0 atom stereocenters. The summed E-state index contributed by atoms with van der Waals surface area (Å²) >= 11 is 11.7. The van der Waals surface area contributed by atoms with E-state index < -0.39 is 4.92 Å². The number of nitrogens with zero attached hydrogens (tertiary/aromatic N) is 2. The van der Waals surface area contributed by atoms with Gasteiger partial charge in [-0.2, -0.15) is 0 Å². The molecule has 0 aliphatic rings. The lowest BCUT2D eigenvalue weighted by molar-refractivity contribution is -0.384. The highest BCUT2D eigenvalue weighted by molar-refractivity contribution is 6.35. The maximum Gasteiger partial charge on any atom is 0.269 e. The van der Waals surface area contributed by atoms with Crippen LogP contribution in [0.1, 0.15) is 5.56 Å². The molecule has 0 aromatic heterocycles. The van der Waals surface area contributed by atoms with Gasteiger partial charge in [-0.25, -0.2) is 0 Å². The average molecular weight is 295 g/mol. The molecule has 2 aromatic rings. The first-order chi connectivity index (χ1) is 9.04. The summed E-state index contributed by atoms with van der Waals surface area (Å²) in [6, 6.07) is 11.1. The SMILES string of the molecule is O=[N+]([O-])c1ccc(/C=N/c2cc(Cl)cc(Cl)c2)cc1. The number of rotatable bonds is 3. The van der Waals surface area contributed by atoms with Crippen LogP contribution in [0.25, 0.3) is 0 Å². The molecule has 0 aliphatic heterocycles. The van der Waals surface area contributed by atoms with Crippen molar-refractivity contribution in [2.24, 2.45) is 4.99 Å². The molecule has 0 aliphatic carbocycles. The van der Waals surface area contributed by atoms with E-state index in [0.717, 1.165) is 5.56 Å². The van der Waals surface area contributed by atoms with E-state index in [0.29, 0.717) is 15.7 Å². The minimum atomic E-state index is -0.447. The summed E-state index contributed by atoms with van der Waals surface area (Å²) in [5, 5.41) is 11.5. The number of aliphatic imine (C=N–C) groups is 1. The van der Waals surface area contributed by atoms with Crippen LogP contribution in [-0.2, 0) is 0 Å². The van der Waals surface area contributed by atoms with E-state index in [1.165, 1.54) is 12.1 Å². The van der Waals surface area contributed by atoms with Crippen LogP contribution in [0.3, 0.4) is 0 Å². The van der Waals surface area contributed by atoms with E-state index in [2.05, 4.69) is 4.99 Å². The fraction of sp³-hybridized carbons (Fsp3) is 0. The largest absolute Gasteiger partial charge is 0.269 e. The van der Waals surface area contributed by atoms with Crippen LogP contribution in [0.5, 0.6) is 0 Å². The highest BCUT2D eigenvalue weighted by Crippen LogP contribution is 2.24. The summed E-state index contributed by atoms with van der Waals surface area (Å²) < 4.78 is 0. The molecule has 2 aromatic carbocycles. The van der Waals surface area contributed by atoms with Gasteiger partial charge >= 0.3 is 0 Å². The van der Waals surface area contributed by atoms with Gasteiger partial charge in [0.1, 0.15) is 0 Å². The molecule has 0 fully saturated rings. The molecule has 2 rings (SSSR count). The van der Waals surface area contributed by atoms with Crippen molar-refractivity contribution in [1.29, 1.82) is 0 Å². The fourth-order valence-corrected chi connectivity index (χ4v) is 1.96. The first-order valence-electron chi connectivity index (χ1n) is 5.29. The number of hydrogen-bond donors (Lipinski definition) is 0. The molecule has 96 valence electrons. The first kappa shape index (κ1) is 13.5. The van der Waals surface area contributed by atoms with Crippen molar-refractivity contribution in [3.05, 3.63) is 68.2 Å². The number of non-ortho nitro benzene ring substituents is 1. The van der Waals surface area contributed by atoms with Gasteiger partial charge in [0.25, 0.3) is 5.69 Å². The van der Waals surface area contributed by atoms with Gasteiger partial charge in [-0.15, -0.1) is 0 Å². The average Bonchev–Trinajstić information content (AvgIpc) is 2.36. The number of benzene rings is 2. The van der Waals surface area contributed by atoms with Crippen molar-refractivity contribution >= 4 is 40.8 Å². The summed E-state index contributed by atoms with van der Waals surface area (Å²) in [4.78, 5) is 14.3. The highest BCUT2D eigenvalue weighted by atomic mass is 35.5. The lowest BCUT2D eigenvalue weighted by atomic mass is 10.2. The van der Waals surface area contributed by atoms with Crippen molar-refractivity contribution < 1.29 is 4.92 Å². The Kier molecular flexibility index (Phi) is 4.14. The van der Waals surface area contributed by atoms with Crippen molar-refractivity contribution in [2.45, 2.75) is 0 Å². The Morgan fingerprint density at radius 1 is 1.05 bits per heavy atom. The topological polar surface area (TPSA) is 55.5 Å². The standard InChI is InChI=1S/C13H8Cl2N2O2/c14-10-5-11(15)7-12(6-10)16-8-9-1-3-13(4-2-9)17(18)19/h1-8H/b16-8+. The van der Waals surface area contributed by atoms with E-state index in [1.807, 2.05) is 0 Å². The van der Waals surface area contributed by atoms with Crippen molar-refractivity contribution in [1.82, 2.24) is 0 Å². The van der Waals surface area contributed by atoms with Crippen molar-refractivity contribution in [2.75, 3.05) is 0 Å². The minimum Gasteiger partial charge on any atom is -0.258 e. The first-order valence-corrected chi connectivity index (χ1v) is 6.05. The predicted octanol–water partition coefficient (Wildman–Crippen LogP) is 4.65. The maximum atomic E-state index is 10.5. The van der Waals surface area contributed by atoms with Crippen LogP contribution in [0, 0.1) is 10.1 Å². The summed E-state index contributed by atoms with van der Waals surface area (Å²) in [5.74, 6) is 0. The van der Waals surface area contributed by atoms with Crippen molar-refractivity contribution in [3.63, 3.8) is 0 Å². The Morgan fingerprint density at radius 3 is 2.16 bits per heavy atom. The molecule has 0 saturated heterocycles. The Morgan fingerprint density at radius 2 is 1.63 bits per heavy atom. The summed E-state index contributed by atoms with van der Waals surface area (Å²) in [7, 11) is 0. The van der Waals surface area contributed by atoms with Gasteiger partial charge in [0, 0.05) is 28.4 Å². The molecule has 19 heavy (non-hydrogen) atoms. The van der Waals surface area contributed by atoms with Crippen LogP contribution in [0.2, 0.25) is 10.0 Å². The second kappa shape index (κ2) is 5.82. The van der Waals surface area contributed by atoms with Gasteiger partial charge in [-0.05, 0) is 35.9 Å². The zero-order chi connectivity index (χ0) is 13.8. The summed E-state index contributed by atoms with van der Waals surface area (Å²) in [6.45, 7) is 0. The number of halogens is 2. The summed E-state index contributed by atoms with van der Waals surface area (Å²) in [6.07, 6.45) is 1.59. The quantitative estimate of drug-likeness (QED) is 0.470. The molecule has 0 bridgehead atoms. The van der Waals surface area contributed by atoms with E-state index in [4.69, 9.17) is 23.2 Å². The third-order valence-corrected chi connectivity index (χ3v) is 2.75. The molecule has 0 N–H and O–H groups in total. The fourth-order valence-electron chi connectivity index (χ4n) is 1.44. The maximum absolute atomic E-state index is 10.5. The van der Waals surface area contributed by atoms with Crippen LogP contribution in [-0.4, -0.2) is 11.1 Å². The Hall–Kier alpha value is -1.91. The third-order valence-electron chi connectivity index (χ3n) is 2.31. The van der Waals surface area contributed by atoms with Gasteiger partial charge < -0.3 is 0 Å². The zero-order valence-corrected chi connectivity index (χ0v) is 11.1. The lowest BCUT2D eigenvalue weighted by Crippen LogP contribution is -1.88. The molecule has 6 heteroatoms. The second-order valence-electron chi connectivity index (χ2n) is 3.73. The number of hydrogen-bond acceptors (Lipinski definition) is 3. The molecular formula is C13H8Cl2N2O2. The molecule has 0 amide bonds. The van der Waals surface area contributed by atoms with Gasteiger partial charge in [0.2, 0.25) is 0 Å². The van der Waals surface area contributed by atoms with Gasteiger partial charge in [-0.1, -0.05) is 23.2 Å². The molecule has 0 spiro atoms. The van der Waals surface area contributed by atoms with Crippen LogP contribution >= 0.6 is 23.2 Å². The minimum absolute atomic E-state index is 0.0444. The predicted molar refractivity (Wildman–Crippen MR) is 76.8 cm³/mol. The van der Waals surface area contributed by atoms with Crippen molar-refractivity contribution in [3.8, 4) is 0 Å². The number of nitro benzene ring substituents is 1. The Balaban J connectivity index is 2.20. The highest BCUT2D eigenvalue weighted by Gasteiger charge is 2.02. The summed E-state index contributed by atoms with van der Waals surface area (Å²) in [5.41, 5.74) is 1.42. The molecular weight excluding hydrogens is 287 g/mol. The van der Waals surface area contributed by atoms with Crippen LogP contribution in [0.15, 0.2) is 47.5 Å². The lowest BCUT2D eigenvalue weighted by Gasteiger charge is -1.97. The third kappa shape index (κ3) is 3.77. The van der Waals surface area contributed by atoms with Crippen LogP contribution in [0.4, 0.5) is 11.4 Å². The van der Waals surface area contributed by atoms with Gasteiger partial charge in [-0.3, -0.25) is 15.1 Å². The van der Waals surface area contributed by atoms with E-state index in [1.54, 1.807) is 36.5 Å². The van der Waals surface area contributed by atoms with E-state index >= 15 is 0 Å². The van der Waals surface area contributed by atoms with Crippen LogP contribution < -0.4 is 0 Å². The Bertz CT molecular complexity index is 619. The molecule has 0 radical (unpaired) electrons. The zero-order valence-electron chi connectivity index (χ0n) is 9.59.